The van der Waals surface area contributed by atoms with Gasteiger partial charge in [0, 0.05) is 16.2 Å². The van der Waals surface area contributed by atoms with Gasteiger partial charge in [-0.15, -0.1) is 0 Å². The highest BCUT2D eigenvalue weighted by atomic mass is 79.9. The summed E-state index contributed by atoms with van der Waals surface area (Å²) >= 11 is 3.48. The number of aliphatic hydroxyl groups excluding tert-OH is 1. The van der Waals surface area contributed by atoms with Crippen molar-refractivity contribution in [2.24, 2.45) is 0 Å². The largest absolute Gasteiger partial charge is 0.439 e. The van der Waals surface area contributed by atoms with Gasteiger partial charge in [0.1, 0.15) is 5.75 Å². The molecule has 0 radical (unpaired) electrons. The fourth-order valence-electron chi connectivity index (χ4n) is 2.03. The van der Waals surface area contributed by atoms with E-state index < -0.39 is 0 Å². The molecule has 1 aromatic heterocycles. The van der Waals surface area contributed by atoms with E-state index in [-0.39, 0.29) is 6.61 Å². The van der Waals surface area contributed by atoms with Crippen LogP contribution < -0.4 is 4.74 Å². The minimum absolute atomic E-state index is 0.0168. The van der Waals surface area contributed by atoms with Gasteiger partial charge < -0.3 is 9.84 Å². The minimum Gasteiger partial charge on any atom is -0.439 e. The number of hydrogen-bond donors (Lipinski definition) is 1. The molecule has 0 atom stereocenters. The van der Waals surface area contributed by atoms with Crippen LogP contribution in [0.25, 0.3) is 0 Å². The molecule has 20 heavy (non-hydrogen) atoms. The first-order chi connectivity index (χ1) is 9.49. The lowest BCUT2D eigenvalue weighted by Crippen LogP contribution is -1.97. The third kappa shape index (κ3) is 3.58. The number of nitrogens with zero attached hydrogens (tertiary/aromatic N) is 1. The lowest BCUT2D eigenvalue weighted by molar-refractivity contribution is 0.281. The summed E-state index contributed by atoms with van der Waals surface area (Å²) < 4.78 is 6.94. The zero-order valence-electron chi connectivity index (χ0n) is 11.9. The van der Waals surface area contributed by atoms with E-state index in [1.807, 2.05) is 25.1 Å². The molecule has 0 spiro atoms. The van der Waals surface area contributed by atoms with Crippen LogP contribution in [0, 0.1) is 6.92 Å². The quantitative estimate of drug-likeness (QED) is 0.890. The lowest BCUT2D eigenvalue weighted by Gasteiger charge is -2.14. The fourth-order valence-corrected chi connectivity index (χ4v) is 2.41. The van der Waals surface area contributed by atoms with Crippen molar-refractivity contribution >= 4 is 15.9 Å². The summed E-state index contributed by atoms with van der Waals surface area (Å²) in [6, 6.07) is 9.55. The molecule has 106 valence electrons. The number of aryl methyl sites for hydroxylation is 1. The van der Waals surface area contributed by atoms with Gasteiger partial charge in [0.15, 0.2) is 0 Å². The molecule has 2 aromatic rings. The molecule has 4 heteroatoms. The summed E-state index contributed by atoms with van der Waals surface area (Å²) in [5.74, 6) is 1.66. The van der Waals surface area contributed by atoms with E-state index in [1.54, 1.807) is 6.07 Å². The lowest BCUT2D eigenvalue weighted by atomic mass is 10.0. The molecule has 1 aromatic carbocycles. The standard InChI is InChI=1S/C16H18BrNO2/c1-10(2)14-8-13(17)4-5-15(14)20-16-7-12(9-19)6-11(3)18-16/h4-8,10,19H,9H2,1-3H3. The van der Waals surface area contributed by atoms with Crippen molar-refractivity contribution in [2.45, 2.75) is 33.3 Å². The zero-order valence-corrected chi connectivity index (χ0v) is 13.4. The van der Waals surface area contributed by atoms with E-state index in [0.717, 1.165) is 27.0 Å². The Morgan fingerprint density at radius 3 is 2.65 bits per heavy atom. The molecule has 0 aliphatic rings. The van der Waals surface area contributed by atoms with Crippen LogP contribution in [0.2, 0.25) is 0 Å². The minimum atomic E-state index is -0.0168. The van der Waals surface area contributed by atoms with Gasteiger partial charge in [0.2, 0.25) is 5.88 Å². The van der Waals surface area contributed by atoms with Gasteiger partial charge in [0.25, 0.3) is 0 Å². The number of rotatable bonds is 4. The van der Waals surface area contributed by atoms with Gasteiger partial charge in [-0.25, -0.2) is 4.98 Å². The van der Waals surface area contributed by atoms with E-state index in [9.17, 15) is 5.11 Å². The average molecular weight is 336 g/mol. The molecule has 0 saturated heterocycles. The topological polar surface area (TPSA) is 42.4 Å². The maximum atomic E-state index is 9.24. The number of hydrogen-bond acceptors (Lipinski definition) is 3. The van der Waals surface area contributed by atoms with Crippen molar-refractivity contribution in [1.82, 2.24) is 4.98 Å². The van der Waals surface area contributed by atoms with Gasteiger partial charge in [-0.3, -0.25) is 0 Å². The van der Waals surface area contributed by atoms with Crippen LogP contribution in [-0.4, -0.2) is 10.1 Å². The Morgan fingerprint density at radius 1 is 1.25 bits per heavy atom. The van der Waals surface area contributed by atoms with Crippen molar-refractivity contribution in [1.29, 1.82) is 0 Å². The number of aromatic nitrogens is 1. The molecule has 0 fully saturated rings. The molecular formula is C16H18BrNO2. The Bertz CT molecular complexity index is 611. The van der Waals surface area contributed by atoms with Gasteiger partial charge in [-0.1, -0.05) is 29.8 Å². The normalized spacial score (nSPS) is 10.9. The monoisotopic (exact) mass is 335 g/mol. The SMILES string of the molecule is Cc1cc(CO)cc(Oc2ccc(Br)cc2C(C)C)n1. The van der Waals surface area contributed by atoms with E-state index >= 15 is 0 Å². The Kier molecular flexibility index (Phi) is 4.78. The Balaban J connectivity index is 2.37. The van der Waals surface area contributed by atoms with Crippen LogP contribution in [0.1, 0.15) is 36.6 Å². The smallest absolute Gasteiger partial charge is 0.219 e. The van der Waals surface area contributed by atoms with E-state index in [0.29, 0.717) is 11.8 Å². The predicted molar refractivity (Wildman–Crippen MR) is 83.2 cm³/mol. The summed E-state index contributed by atoms with van der Waals surface area (Å²) in [6.07, 6.45) is 0. The van der Waals surface area contributed by atoms with E-state index in [2.05, 4.69) is 40.8 Å². The Hall–Kier alpha value is -1.39. The first kappa shape index (κ1) is 15.0. The first-order valence-corrected chi connectivity index (χ1v) is 7.34. The summed E-state index contributed by atoms with van der Waals surface area (Å²) in [4.78, 5) is 4.35. The zero-order chi connectivity index (χ0) is 14.7. The summed E-state index contributed by atoms with van der Waals surface area (Å²) in [7, 11) is 0. The second-order valence-electron chi connectivity index (χ2n) is 5.05. The highest BCUT2D eigenvalue weighted by Gasteiger charge is 2.11. The Labute approximate surface area is 127 Å². The molecule has 3 nitrogen and oxygen atoms in total. The molecule has 1 heterocycles. The fraction of sp³-hybridized carbons (Fsp3) is 0.312. The van der Waals surface area contributed by atoms with Crippen molar-refractivity contribution in [3.63, 3.8) is 0 Å². The maximum Gasteiger partial charge on any atom is 0.219 e. The van der Waals surface area contributed by atoms with Crippen LogP contribution >= 0.6 is 15.9 Å². The number of ether oxygens (including phenoxy) is 1. The van der Waals surface area contributed by atoms with Crippen LogP contribution in [-0.2, 0) is 6.61 Å². The second kappa shape index (κ2) is 6.37. The maximum absolute atomic E-state index is 9.24. The van der Waals surface area contributed by atoms with Crippen molar-refractivity contribution in [3.05, 3.63) is 51.6 Å². The van der Waals surface area contributed by atoms with E-state index in [1.165, 1.54) is 0 Å². The Morgan fingerprint density at radius 2 is 2.00 bits per heavy atom. The van der Waals surface area contributed by atoms with Crippen LogP contribution in [0.4, 0.5) is 0 Å². The van der Waals surface area contributed by atoms with Crippen molar-refractivity contribution in [3.8, 4) is 11.6 Å². The number of halogens is 1. The summed E-state index contributed by atoms with van der Waals surface area (Å²) in [6.45, 7) is 6.11. The van der Waals surface area contributed by atoms with Gasteiger partial charge in [0.05, 0.1) is 6.61 Å². The predicted octanol–water partition coefficient (Wildman–Crippen LogP) is 4.56. The molecule has 1 N–H and O–H groups in total. The average Bonchev–Trinajstić information content (AvgIpc) is 2.40. The van der Waals surface area contributed by atoms with Gasteiger partial charge >= 0.3 is 0 Å². The molecule has 0 bridgehead atoms. The second-order valence-corrected chi connectivity index (χ2v) is 5.97. The van der Waals surface area contributed by atoms with Gasteiger partial charge in [-0.05, 0) is 48.2 Å². The van der Waals surface area contributed by atoms with Crippen LogP contribution in [0.15, 0.2) is 34.8 Å². The highest BCUT2D eigenvalue weighted by Crippen LogP contribution is 2.32. The van der Waals surface area contributed by atoms with Gasteiger partial charge in [-0.2, -0.15) is 0 Å². The third-order valence-electron chi connectivity index (χ3n) is 2.98. The van der Waals surface area contributed by atoms with E-state index in [4.69, 9.17) is 4.74 Å². The van der Waals surface area contributed by atoms with Crippen molar-refractivity contribution in [2.75, 3.05) is 0 Å². The molecule has 2 rings (SSSR count). The molecule has 0 aliphatic heterocycles. The summed E-state index contributed by atoms with van der Waals surface area (Å²) in [5, 5.41) is 9.24. The van der Waals surface area contributed by atoms with Crippen molar-refractivity contribution < 1.29 is 9.84 Å². The molecule has 0 amide bonds. The molecule has 0 unspecified atom stereocenters. The van der Waals surface area contributed by atoms with Crippen LogP contribution in [0.3, 0.4) is 0 Å². The molecule has 0 saturated carbocycles. The summed E-state index contributed by atoms with van der Waals surface area (Å²) in [5.41, 5.74) is 2.75. The van der Waals surface area contributed by atoms with Crippen LogP contribution in [0.5, 0.6) is 11.6 Å². The molecular weight excluding hydrogens is 318 g/mol. The molecule has 0 aliphatic carbocycles. The number of aliphatic hydroxyl groups is 1. The number of benzene rings is 1. The first-order valence-electron chi connectivity index (χ1n) is 6.55. The third-order valence-corrected chi connectivity index (χ3v) is 3.47. The number of pyridine rings is 1. The highest BCUT2D eigenvalue weighted by molar-refractivity contribution is 9.10.